The van der Waals surface area contributed by atoms with Crippen molar-refractivity contribution >= 4 is 23.4 Å². The maximum atomic E-state index is 12.6. The van der Waals surface area contributed by atoms with Gasteiger partial charge in [-0.05, 0) is 61.4 Å². The van der Waals surface area contributed by atoms with E-state index in [-0.39, 0.29) is 30.6 Å². The maximum absolute atomic E-state index is 12.6. The number of anilines is 1. The third kappa shape index (κ3) is 4.39. The predicted octanol–water partition coefficient (Wildman–Crippen LogP) is 3.11. The molecule has 146 valence electrons. The number of carbonyl (C=O) groups excluding carboxylic acids is 3. The summed E-state index contributed by atoms with van der Waals surface area (Å²) in [5.74, 6) is 0.242. The van der Waals surface area contributed by atoms with Crippen LogP contribution in [0.5, 0.6) is 5.75 Å². The van der Waals surface area contributed by atoms with Crippen LogP contribution in [-0.4, -0.2) is 42.8 Å². The van der Waals surface area contributed by atoms with Crippen LogP contribution in [0.3, 0.4) is 0 Å². The zero-order valence-electron chi connectivity index (χ0n) is 16.4. The second kappa shape index (κ2) is 8.25. The Morgan fingerprint density at radius 3 is 2.14 bits per heavy atom. The van der Waals surface area contributed by atoms with Crippen LogP contribution in [0.25, 0.3) is 0 Å². The van der Waals surface area contributed by atoms with E-state index in [9.17, 15) is 14.4 Å². The van der Waals surface area contributed by atoms with Crippen molar-refractivity contribution < 1.29 is 19.1 Å². The smallest absolute Gasteiger partial charge is 0.253 e. The first-order valence-corrected chi connectivity index (χ1v) is 9.27. The van der Waals surface area contributed by atoms with E-state index in [0.717, 1.165) is 16.9 Å². The molecule has 3 rings (SSSR count). The molecule has 28 heavy (non-hydrogen) atoms. The quantitative estimate of drug-likeness (QED) is 0.722. The van der Waals surface area contributed by atoms with E-state index in [2.05, 4.69) is 6.07 Å². The molecule has 0 aromatic heterocycles. The van der Waals surface area contributed by atoms with Gasteiger partial charge in [-0.15, -0.1) is 0 Å². The van der Waals surface area contributed by atoms with Gasteiger partial charge in [-0.2, -0.15) is 0 Å². The third-order valence-electron chi connectivity index (χ3n) is 4.66. The van der Waals surface area contributed by atoms with E-state index in [4.69, 9.17) is 4.74 Å². The fourth-order valence-corrected chi connectivity index (χ4v) is 3.26. The number of nitrogens with zero attached hydrogens (tertiary/aromatic N) is 2. The molecule has 1 fully saturated rings. The SMILES string of the molecule is Cc1cc(C)cc(OCCN(C)C(=O)c2ccc(N3C(=O)CCC3=O)cc2)c1. The number of hydrogen-bond donors (Lipinski definition) is 0. The molecule has 1 saturated heterocycles. The molecule has 0 bridgehead atoms. The van der Waals surface area contributed by atoms with Gasteiger partial charge in [0.15, 0.2) is 0 Å². The summed E-state index contributed by atoms with van der Waals surface area (Å²) < 4.78 is 5.76. The summed E-state index contributed by atoms with van der Waals surface area (Å²) in [6, 6.07) is 12.6. The number of benzene rings is 2. The summed E-state index contributed by atoms with van der Waals surface area (Å²) in [6.45, 7) is 4.86. The highest BCUT2D eigenvalue weighted by Crippen LogP contribution is 2.23. The van der Waals surface area contributed by atoms with Gasteiger partial charge >= 0.3 is 0 Å². The molecule has 0 spiro atoms. The topological polar surface area (TPSA) is 66.9 Å². The molecule has 2 aromatic carbocycles. The van der Waals surface area contributed by atoms with Crippen molar-refractivity contribution in [2.75, 3.05) is 25.1 Å². The molecule has 0 aliphatic carbocycles. The zero-order valence-corrected chi connectivity index (χ0v) is 16.4. The summed E-state index contributed by atoms with van der Waals surface area (Å²) in [6.07, 6.45) is 0.478. The van der Waals surface area contributed by atoms with Crippen LogP contribution in [0.4, 0.5) is 5.69 Å². The second-order valence-electron chi connectivity index (χ2n) is 7.07. The van der Waals surface area contributed by atoms with Gasteiger partial charge in [-0.3, -0.25) is 19.3 Å². The Balaban J connectivity index is 1.57. The lowest BCUT2D eigenvalue weighted by molar-refractivity contribution is -0.121. The van der Waals surface area contributed by atoms with Gasteiger partial charge in [0.2, 0.25) is 11.8 Å². The van der Waals surface area contributed by atoms with Crippen LogP contribution < -0.4 is 9.64 Å². The molecule has 6 nitrogen and oxygen atoms in total. The molecule has 0 atom stereocenters. The molecule has 6 heteroatoms. The minimum absolute atomic E-state index is 0.144. The van der Waals surface area contributed by atoms with Gasteiger partial charge in [0.25, 0.3) is 5.91 Å². The van der Waals surface area contributed by atoms with Crippen molar-refractivity contribution in [1.82, 2.24) is 4.90 Å². The lowest BCUT2D eigenvalue weighted by Crippen LogP contribution is -2.31. The minimum atomic E-state index is -0.204. The standard InChI is InChI=1S/C22H24N2O4/c1-15-12-16(2)14-19(13-15)28-11-10-23(3)22(27)17-4-6-18(7-5-17)24-20(25)8-9-21(24)26/h4-7,12-14H,8-11H2,1-3H3. The lowest BCUT2D eigenvalue weighted by atomic mass is 10.1. The number of aryl methyl sites for hydroxylation is 2. The fraction of sp³-hybridized carbons (Fsp3) is 0.318. The minimum Gasteiger partial charge on any atom is -0.492 e. The number of imide groups is 1. The monoisotopic (exact) mass is 380 g/mol. The maximum Gasteiger partial charge on any atom is 0.253 e. The number of rotatable bonds is 6. The predicted molar refractivity (Wildman–Crippen MR) is 107 cm³/mol. The van der Waals surface area contributed by atoms with Crippen molar-refractivity contribution in [2.24, 2.45) is 0 Å². The molecule has 1 aliphatic heterocycles. The Hall–Kier alpha value is -3.15. The lowest BCUT2D eigenvalue weighted by Gasteiger charge is -2.19. The summed E-state index contributed by atoms with van der Waals surface area (Å²) in [5.41, 5.74) is 3.27. The molecule has 1 heterocycles. The first kappa shape index (κ1) is 19.6. The molecular formula is C22H24N2O4. The fourth-order valence-electron chi connectivity index (χ4n) is 3.26. The number of amides is 3. The highest BCUT2D eigenvalue weighted by molar-refractivity contribution is 6.19. The highest BCUT2D eigenvalue weighted by atomic mass is 16.5. The third-order valence-corrected chi connectivity index (χ3v) is 4.66. The Bertz CT molecular complexity index is 869. The number of hydrogen-bond acceptors (Lipinski definition) is 4. The van der Waals surface area contributed by atoms with E-state index in [1.54, 1.807) is 36.2 Å². The average molecular weight is 380 g/mol. The van der Waals surface area contributed by atoms with Crippen molar-refractivity contribution in [3.05, 3.63) is 59.2 Å². The van der Waals surface area contributed by atoms with Crippen molar-refractivity contribution in [3.63, 3.8) is 0 Å². The molecule has 0 saturated carbocycles. The average Bonchev–Trinajstić information content (AvgIpc) is 2.99. The van der Waals surface area contributed by atoms with Crippen LogP contribution in [0, 0.1) is 13.8 Å². The van der Waals surface area contributed by atoms with Crippen LogP contribution in [0.15, 0.2) is 42.5 Å². The Labute approximate surface area is 164 Å². The molecule has 0 radical (unpaired) electrons. The van der Waals surface area contributed by atoms with Gasteiger partial charge < -0.3 is 9.64 Å². The zero-order chi connectivity index (χ0) is 20.3. The normalized spacial score (nSPS) is 13.8. The number of carbonyl (C=O) groups is 3. The summed E-state index contributed by atoms with van der Waals surface area (Å²) in [7, 11) is 1.72. The molecular weight excluding hydrogens is 356 g/mol. The van der Waals surface area contributed by atoms with Gasteiger partial charge in [0.1, 0.15) is 12.4 Å². The first-order valence-electron chi connectivity index (χ1n) is 9.27. The van der Waals surface area contributed by atoms with Gasteiger partial charge in [0, 0.05) is 25.5 Å². The van der Waals surface area contributed by atoms with Crippen molar-refractivity contribution in [2.45, 2.75) is 26.7 Å². The van der Waals surface area contributed by atoms with Crippen LogP contribution in [0.2, 0.25) is 0 Å². The largest absolute Gasteiger partial charge is 0.492 e. The van der Waals surface area contributed by atoms with E-state index >= 15 is 0 Å². The second-order valence-corrected chi connectivity index (χ2v) is 7.07. The highest BCUT2D eigenvalue weighted by Gasteiger charge is 2.30. The molecule has 0 unspecified atom stereocenters. The number of likely N-dealkylation sites (N-methyl/N-ethyl adjacent to an activating group) is 1. The molecule has 0 N–H and O–H groups in total. The molecule has 3 amide bonds. The van der Waals surface area contributed by atoms with Crippen LogP contribution in [-0.2, 0) is 9.59 Å². The van der Waals surface area contributed by atoms with E-state index in [1.165, 1.54) is 4.90 Å². The van der Waals surface area contributed by atoms with Crippen LogP contribution >= 0.6 is 0 Å². The van der Waals surface area contributed by atoms with E-state index in [0.29, 0.717) is 24.4 Å². The van der Waals surface area contributed by atoms with E-state index < -0.39 is 0 Å². The molecule has 1 aliphatic rings. The van der Waals surface area contributed by atoms with Crippen molar-refractivity contribution in [1.29, 1.82) is 0 Å². The Morgan fingerprint density at radius 1 is 1.00 bits per heavy atom. The molecule has 2 aromatic rings. The van der Waals surface area contributed by atoms with Gasteiger partial charge in [0.05, 0.1) is 12.2 Å². The Morgan fingerprint density at radius 2 is 1.57 bits per heavy atom. The van der Waals surface area contributed by atoms with E-state index in [1.807, 2.05) is 26.0 Å². The summed E-state index contributed by atoms with van der Waals surface area (Å²) >= 11 is 0. The summed E-state index contributed by atoms with van der Waals surface area (Å²) in [5, 5.41) is 0. The van der Waals surface area contributed by atoms with Gasteiger partial charge in [-0.1, -0.05) is 6.07 Å². The Kier molecular flexibility index (Phi) is 5.78. The summed E-state index contributed by atoms with van der Waals surface area (Å²) in [4.78, 5) is 39.0. The van der Waals surface area contributed by atoms with Gasteiger partial charge in [-0.25, -0.2) is 0 Å². The number of ether oxygens (including phenoxy) is 1. The van der Waals surface area contributed by atoms with Crippen LogP contribution in [0.1, 0.15) is 34.3 Å². The first-order chi connectivity index (χ1) is 13.3. The van der Waals surface area contributed by atoms with Crippen molar-refractivity contribution in [3.8, 4) is 5.75 Å².